The SMILES string of the molecule is CCCOc1ccc(/C(O)=C2/C(=O)C(=O)N(c3ccc(NC(C)=O)cc3)C2c2ccccn2)cc1C. The Hall–Kier alpha value is -4.46. The molecule has 2 heterocycles. The zero-order valence-corrected chi connectivity index (χ0v) is 20.3. The van der Waals surface area contributed by atoms with Gasteiger partial charge in [0.15, 0.2) is 0 Å². The lowest BCUT2D eigenvalue weighted by Gasteiger charge is -2.24. The number of ketones is 1. The molecule has 1 fully saturated rings. The first kappa shape index (κ1) is 24.7. The summed E-state index contributed by atoms with van der Waals surface area (Å²) in [5, 5.41) is 14.0. The molecule has 2 N–H and O–H groups in total. The molecule has 2 amide bonds. The third-order valence-corrected chi connectivity index (χ3v) is 5.79. The second-order valence-electron chi connectivity index (χ2n) is 8.48. The zero-order chi connectivity index (χ0) is 25.8. The van der Waals surface area contributed by atoms with Crippen molar-refractivity contribution >= 4 is 34.7 Å². The Morgan fingerprint density at radius 2 is 1.86 bits per heavy atom. The normalized spacial score (nSPS) is 16.8. The average molecular weight is 486 g/mol. The number of benzene rings is 2. The van der Waals surface area contributed by atoms with Crippen LogP contribution in [0.25, 0.3) is 5.76 Å². The number of carbonyl (C=O) groups is 3. The van der Waals surface area contributed by atoms with Crippen molar-refractivity contribution in [3.63, 3.8) is 0 Å². The Labute approximate surface area is 209 Å². The number of aryl methyl sites for hydroxylation is 1. The third-order valence-electron chi connectivity index (χ3n) is 5.79. The molecule has 0 aliphatic carbocycles. The minimum Gasteiger partial charge on any atom is -0.507 e. The van der Waals surface area contributed by atoms with Gasteiger partial charge in [-0.1, -0.05) is 13.0 Å². The Kier molecular flexibility index (Phi) is 7.15. The van der Waals surface area contributed by atoms with E-state index < -0.39 is 17.7 Å². The first-order valence-corrected chi connectivity index (χ1v) is 11.6. The number of rotatable bonds is 7. The van der Waals surface area contributed by atoms with Crippen LogP contribution in [0.1, 0.15) is 43.1 Å². The van der Waals surface area contributed by atoms with E-state index in [-0.39, 0.29) is 17.2 Å². The maximum Gasteiger partial charge on any atom is 0.300 e. The van der Waals surface area contributed by atoms with Gasteiger partial charge in [0.05, 0.1) is 17.9 Å². The molecule has 1 atom stereocenters. The number of amides is 2. The van der Waals surface area contributed by atoms with Crippen LogP contribution < -0.4 is 15.0 Å². The van der Waals surface area contributed by atoms with E-state index in [2.05, 4.69) is 10.3 Å². The number of aromatic nitrogens is 1. The van der Waals surface area contributed by atoms with Crippen LogP contribution in [0.5, 0.6) is 5.75 Å². The molecule has 4 rings (SSSR count). The Morgan fingerprint density at radius 1 is 1.11 bits per heavy atom. The van der Waals surface area contributed by atoms with Crippen LogP contribution in [-0.4, -0.2) is 34.3 Å². The van der Waals surface area contributed by atoms with Crippen molar-refractivity contribution in [1.29, 1.82) is 0 Å². The van der Waals surface area contributed by atoms with Crippen molar-refractivity contribution in [3.05, 3.63) is 89.3 Å². The first-order valence-electron chi connectivity index (χ1n) is 11.6. The molecular formula is C28H27N3O5. The van der Waals surface area contributed by atoms with Gasteiger partial charge in [0.2, 0.25) is 5.91 Å². The van der Waals surface area contributed by atoms with Crippen molar-refractivity contribution in [3.8, 4) is 5.75 Å². The number of hydrogen-bond donors (Lipinski definition) is 2. The van der Waals surface area contributed by atoms with Crippen molar-refractivity contribution in [2.45, 2.75) is 33.2 Å². The molecule has 0 bridgehead atoms. The Bertz CT molecular complexity index is 1330. The van der Waals surface area contributed by atoms with E-state index in [0.29, 0.717) is 35.0 Å². The fourth-order valence-electron chi connectivity index (χ4n) is 4.15. The zero-order valence-electron chi connectivity index (χ0n) is 20.3. The molecule has 0 spiro atoms. The van der Waals surface area contributed by atoms with Crippen LogP contribution in [0, 0.1) is 6.92 Å². The Morgan fingerprint density at radius 3 is 2.47 bits per heavy atom. The van der Waals surface area contributed by atoms with Crippen molar-refractivity contribution in [1.82, 2.24) is 4.98 Å². The van der Waals surface area contributed by atoms with Gasteiger partial charge in [0.1, 0.15) is 17.6 Å². The van der Waals surface area contributed by atoms with Crippen molar-refractivity contribution < 1.29 is 24.2 Å². The van der Waals surface area contributed by atoms with Crippen LogP contribution in [0.4, 0.5) is 11.4 Å². The lowest BCUT2D eigenvalue weighted by atomic mass is 9.97. The largest absolute Gasteiger partial charge is 0.507 e. The van der Waals surface area contributed by atoms with E-state index >= 15 is 0 Å². The second kappa shape index (κ2) is 10.4. The summed E-state index contributed by atoms with van der Waals surface area (Å²) < 4.78 is 5.72. The second-order valence-corrected chi connectivity index (χ2v) is 8.48. The molecule has 2 aromatic carbocycles. The molecule has 1 aliphatic heterocycles. The van der Waals surface area contributed by atoms with E-state index in [1.165, 1.54) is 11.8 Å². The number of Topliss-reactive ketones (excluding diaryl/α,β-unsaturated/α-hetero) is 1. The smallest absolute Gasteiger partial charge is 0.300 e. The highest BCUT2D eigenvalue weighted by molar-refractivity contribution is 6.51. The molecule has 1 unspecified atom stereocenters. The van der Waals surface area contributed by atoms with Gasteiger partial charge in [-0.25, -0.2) is 0 Å². The van der Waals surface area contributed by atoms with Crippen molar-refractivity contribution in [2.75, 3.05) is 16.8 Å². The standard InChI is InChI=1S/C28H27N3O5/c1-4-15-36-23-13-8-19(16-17(23)2)26(33)24-25(22-7-5-6-14-29-22)31(28(35)27(24)34)21-11-9-20(10-12-21)30-18(3)32/h5-14,16,25,33H,4,15H2,1-3H3,(H,30,32)/b26-24-. The monoisotopic (exact) mass is 485 g/mol. The van der Waals surface area contributed by atoms with E-state index in [0.717, 1.165) is 12.0 Å². The molecule has 1 aliphatic rings. The molecule has 3 aromatic rings. The van der Waals surface area contributed by atoms with E-state index in [1.54, 1.807) is 66.9 Å². The molecule has 0 saturated carbocycles. The van der Waals surface area contributed by atoms with Crippen LogP contribution in [0.15, 0.2) is 72.4 Å². The molecule has 1 aromatic heterocycles. The highest BCUT2D eigenvalue weighted by Crippen LogP contribution is 2.42. The van der Waals surface area contributed by atoms with Gasteiger partial charge in [-0.2, -0.15) is 0 Å². The van der Waals surface area contributed by atoms with Crippen molar-refractivity contribution in [2.24, 2.45) is 0 Å². The number of aliphatic hydroxyl groups excluding tert-OH is 1. The van der Waals surface area contributed by atoms with Crippen LogP contribution in [0.2, 0.25) is 0 Å². The van der Waals surface area contributed by atoms with Gasteiger partial charge >= 0.3 is 0 Å². The van der Waals surface area contributed by atoms with E-state index in [1.807, 2.05) is 13.8 Å². The van der Waals surface area contributed by atoms with Gasteiger partial charge in [0, 0.05) is 30.1 Å². The molecule has 36 heavy (non-hydrogen) atoms. The van der Waals surface area contributed by atoms with Crippen LogP contribution >= 0.6 is 0 Å². The maximum absolute atomic E-state index is 13.3. The predicted octanol–water partition coefficient (Wildman–Crippen LogP) is 4.76. The summed E-state index contributed by atoms with van der Waals surface area (Å²) in [6, 6.07) is 15.9. The van der Waals surface area contributed by atoms with E-state index in [4.69, 9.17) is 4.74 Å². The fourth-order valence-corrected chi connectivity index (χ4v) is 4.15. The number of carbonyl (C=O) groups excluding carboxylic acids is 3. The van der Waals surface area contributed by atoms with Gasteiger partial charge in [-0.3, -0.25) is 24.3 Å². The number of anilines is 2. The minimum atomic E-state index is -0.936. The first-order chi connectivity index (χ1) is 17.3. The third kappa shape index (κ3) is 4.84. The number of aliphatic hydroxyl groups is 1. The summed E-state index contributed by atoms with van der Waals surface area (Å²) in [5.74, 6) is -1.41. The summed E-state index contributed by atoms with van der Waals surface area (Å²) >= 11 is 0. The molecule has 8 heteroatoms. The number of hydrogen-bond acceptors (Lipinski definition) is 6. The highest BCUT2D eigenvalue weighted by Gasteiger charge is 2.47. The Balaban J connectivity index is 1.81. The maximum atomic E-state index is 13.3. The van der Waals surface area contributed by atoms with Gasteiger partial charge in [-0.05, 0) is 73.5 Å². The minimum absolute atomic E-state index is 0.0498. The summed E-state index contributed by atoms with van der Waals surface area (Å²) in [5.41, 5.74) is 2.56. The van der Waals surface area contributed by atoms with Gasteiger partial charge in [-0.15, -0.1) is 0 Å². The summed E-state index contributed by atoms with van der Waals surface area (Å²) in [4.78, 5) is 43.6. The lowest BCUT2D eigenvalue weighted by Crippen LogP contribution is -2.29. The summed E-state index contributed by atoms with van der Waals surface area (Å²) in [6.45, 7) is 5.84. The fraction of sp³-hybridized carbons (Fsp3) is 0.214. The molecule has 1 saturated heterocycles. The quantitative estimate of drug-likeness (QED) is 0.284. The summed E-state index contributed by atoms with van der Waals surface area (Å²) in [7, 11) is 0. The van der Waals surface area contributed by atoms with Gasteiger partial charge in [0.25, 0.3) is 11.7 Å². The van der Waals surface area contributed by atoms with Gasteiger partial charge < -0.3 is 15.2 Å². The average Bonchev–Trinajstić information content (AvgIpc) is 3.14. The predicted molar refractivity (Wildman–Crippen MR) is 137 cm³/mol. The lowest BCUT2D eigenvalue weighted by molar-refractivity contribution is -0.132. The summed E-state index contributed by atoms with van der Waals surface area (Å²) in [6.07, 6.45) is 2.43. The number of ether oxygens (including phenoxy) is 1. The highest BCUT2D eigenvalue weighted by atomic mass is 16.5. The molecule has 184 valence electrons. The van der Waals surface area contributed by atoms with Crippen LogP contribution in [-0.2, 0) is 14.4 Å². The number of nitrogens with zero attached hydrogens (tertiary/aromatic N) is 2. The molecular weight excluding hydrogens is 458 g/mol. The van der Waals surface area contributed by atoms with E-state index in [9.17, 15) is 19.5 Å². The van der Waals surface area contributed by atoms with Crippen LogP contribution in [0.3, 0.4) is 0 Å². The molecule has 0 radical (unpaired) electrons. The number of nitrogens with one attached hydrogen (secondary N) is 1. The number of pyridine rings is 1. The molecule has 8 nitrogen and oxygen atoms in total. The topological polar surface area (TPSA) is 109 Å².